The van der Waals surface area contributed by atoms with Crippen molar-refractivity contribution in [3.05, 3.63) is 0 Å². The molecule has 2 N–H and O–H groups in total. The molecule has 0 radical (unpaired) electrons. The predicted octanol–water partition coefficient (Wildman–Crippen LogP) is 0.00180. The van der Waals surface area contributed by atoms with Crippen LogP contribution in [0.1, 0.15) is 27.7 Å². The van der Waals surface area contributed by atoms with Gasteiger partial charge in [-0.1, -0.05) is 0 Å². The van der Waals surface area contributed by atoms with Crippen molar-refractivity contribution >= 4 is 15.0 Å². The zero-order valence-electron chi connectivity index (χ0n) is 14.8. The molecule has 0 amide bonds. The van der Waals surface area contributed by atoms with E-state index < -0.39 is 48.6 Å². The molecule has 8 atom stereocenters. The van der Waals surface area contributed by atoms with E-state index in [1.165, 1.54) is 0 Å². The van der Waals surface area contributed by atoms with Crippen molar-refractivity contribution in [2.75, 3.05) is 0 Å². The van der Waals surface area contributed by atoms with E-state index in [4.69, 9.17) is 28.4 Å². The zero-order valence-corrected chi connectivity index (χ0v) is 16.5. The Kier molecular flexibility index (Phi) is 4.73. The summed E-state index contributed by atoms with van der Waals surface area (Å²) in [7, 11) is 0. The van der Waals surface area contributed by atoms with Crippen LogP contribution in [0.25, 0.3) is 0 Å². The fraction of sp³-hybridized carbons (Fsp3) is 1.00. The molecule has 4 fully saturated rings. The summed E-state index contributed by atoms with van der Waals surface area (Å²) in [6.07, 6.45) is -3.92. The third-order valence-corrected chi connectivity index (χ3v) is 7.16. The van der Waals surface area contributed by atoms with E-state index in [1.54, 1.807) is 0 Å². The Morgan fingerprint density at radius 3 is 1.48 bits per heavy atom. The molecule has 25 heavy (non-hydrogen) atoms. The maximum absolute atomic E-state index is 10.4. The standard InChI is InChI=1S/C16H26O8Se/c1-15(2)21-11-9(17)7(19-13(11)23-15)5-25-6-8-10(18)12-14(20-8)24-16(3,4)22-12/h7-14,17-18H,5-6H2,1-4H3/t7-,8-,9+,10+,11-,12-,13-,14-/m1/s1. The summed E-state index contributed by atoms with van der Waals surface area (Å²) in [4.78, 5) is 0. The molecule has 4 rings (SSSR count). The summed E-state index contributed by atoms with van der Waals surface area (Å²) in [6, 6.07) is 0. The first kappa shape index (κ1) is 18.6. The first-order valence-corrected chi connectivity index (χ1v) is 11.0. The van der Waals surface area contributed by atoms with Crippen LogP contribution in [0.3, 0.4) is 0 Å². The van der Waals surface area contributed by atoms with Crippen LogP contribution >= 0.6 is 0 Å². The molecule has 9 heteroatoms. The topological polar surface area (TPSA) is 95.8 Å². The summed E-state index contributed by atoms with van der Waals surface area (Å²) in [6.45, 7) is 7.23. The van der Waals surface area contributed by atoms with E-state index in [0.717, 1.165) is 0 Å². The minimum atomic E-state index is -0.722. The van der Waals surface area contributed by atoms with Crippen molar-refractivity contribution in [1.29, 1.82) is 0 Å². The van der Waals surface area contributed by atoms with Gasteiger partial charge in [-0.05, 0) is 0 Å². The van der Waals surface area contributed by atoms with Crippen molar-refractivity contribution < 1.29 is 38.6 Å². The van der Waals surface area contributed by atoms with E-state index in [9.17, 15) is 10.2 Å². The van der Waals surface area contributed by atoms with Gasteiger partial charge in [-0.25, -0.2) is 0 Å². The molecular formula is C16H26O8Se. The number of aliphatic hydroxyl groups is 2. The fourth-order valence-electron chi connectivity index (χ4n) is 3.69. The maximum atomic E-state index is 10.4. The molecule has 0 saturated carbocycles. The molecule has 0 bridgehead atoms. The van der Waals surface area contributed by atoms with E-state index in [1.807, 2.05) is 27.7 Å². The molecule has 4 aliphatic heterocycles. The van der Waals surface area contributed by atoms with Crippen LogP contribution in [-0.4, -0.2) is 85.9 Å². The molecule has 8 nitrogen and oxygen atoms in total. The summed E-state index contributed by atoms with van der Waals surface area (Å²) in [5, 5.41) is 22.2. The monoisotopic (exact) mass is 426 g/mol. The molecule has 4 heterocycles. The van der Waals surface area contributed by atoms with Crippen molar-refractivity contribution in [3.8, 4) is 0 Å². The Bertz CT molecular complexity index is 470. The van der Waals surface area contributed by atoms with Gasteiger partial charge < -0.3 is 0 Å². The Balaban J connectivity index is 1.24. The van der Waals surface area contributed by atoms with E-state index in [0.29, 0.717) is 10.6 Å². The van der Waals surface area contributed by atoms with E-state index >= 15 is 0 Å². The van der Waals surface area contributed by atoms with Gasteiger partial charge >= 0.3 is 153 Å². The molecule has 4 saturated heterocycles. The van der Waals surface area contributed by atoms with Crippen molar-refractivity contribution in [1.82, 2.24) is 0 Å². The van der Waals surface area contributed by atoms with Gasteiger partial charge in [0.05, 0.1) is 0 Å². The molecule has 0 aromatic carbocycles. The molecule has 0 aromatic heterocycles. The van der Waals surface area contributed by atoms with E-state index in [2.05, 4.69) is 0 Å². The minimum absolute atomic E-state index is 0.125. The SMILES string of the molecule is CC1(C)O[C@H]2O[C@H](C[Se]C[C@H]3O[C@@H]4OC(C)(C)O[C@@H]4[C@H]3O)[C@H](O)[C@H]2O1. The van der Waals surface area contributed by atoms with Crippen molar-refractivity contribution in [3.63, 3.8) is 0 Å². The van der Waals surface area contributed by atoms with Crippen molar-refractivity contribution in [2.24, 2.45) is 0 Å². The predicted molar refractivity (Wildman–Crippen MR) is 84.8 cm³/mol. The fourth-order valence-corrected chi connectivity index (χ4v) is 6.11. The summed E-state index contributed by atoms with van der Waals surface area (Å²) < 4.78 is 34.3. The number of fused-ring (bicyclic) bond motifs is 2. The second-order valence-electron chi connectivity index (χ2n) is 7.80. The molecule has 0 spiro atoms. The Hall–Kier alpha value is 0.199. The van der Waals surface area contributed by atoms with Crippen LogP contribution in [0.15, 0.2) is 0 Å². The number of hydrogen-bond donors (Lipinski definition) is 2. The second-order valence-corrected chi connectivity index (χ2v) is 10.1. The van der Waals surface area contributed by atoms with Crippen LogP contribution in [0.4, 0.5) is 0 Å². The Morgan fingerprint density at radius 2 is 1.12 bits per heavy atom. The van der Waals surface area contributed by atoms with Crippen LogP contribution < -0.4 is 0 Å². The summed E-state index contributed by atoms with van der Waals surface area (Å²) >= 11 is 0.125. The van der Waals surface area contributed by atoms with Crippen LogP contribution in [0.2, 0.25) is 10.6 Å². The molecule has 0 aliphatic carbocycles. The van der Waals surface area contributed by atoms with Gasteiger partial charge in [0.25, 0.3) is 0 Å². The third kappa shape index (κ3) is 3.52. The van der Waals surface area contributed by atoms with Gasteiger partial charge in [-0.2, -0.15) is 0 Å². The summed E-state index contributed by atoms with van der Waals surface area (Å²) in [5.41, 5.74) is 0. The first-order chi connectivity index (χ1) is 11.7. The number of hydrogen-bond acceptors (Lipinski definition) is 8. The number of ether oxygens (including phenoxy) is 6. The van der Waals surface area contributed by atoms with Gasteiger partial charge in [-0.3, -0.25) is 0 Å². The normalized spacial score (nSPS) is 50.2. The van der Waals surface area contributed by atoms with Gasteiger partial charge in [0.2, 0.25) is 0 Å². The quantitative estimate of drug-likeness (QED) is 0.608. The molecule has 4 aliphatic rings. The number of aliphatic hydroxyl groups excluding tert-OH is 2. The van der Waals surface area contributed by atoms with Crippen LogP contribution in [-0.2, 0) is 28.4 Å². The first-order valence-electron chi connectivity index (χ1n) is 8.61. The third-order valence-electron chi connectivity index (χ3n) is 4.79. The van der Waals surface area contributed by atoms with Crippen LogP contribution in [0.5, 0.6) is 0 Å². The van der Waals surface area contributed by atoms with E-state index in [-0.39, 0.29) is 27.2 Å². The Morgan fingerprint density at radius 1 is 0.720 bits per heavy atom. The zero-order chi connectivity index (χ0) is 18.0. The second kappa shape index (κ2) is 6.38. The number of rotatable bonds is 4. The molecular weight excluding hydrogens is 399 g/mol. The molecule has 0 unspecified atom stereocenters. The van der Waals surface area contributed by atoms with Gasteiger partial charge in [0, 0.05) is 0 Å². The Labute approximate surface area is 153 Å². The van der Waals surface area contributed by atoms with Gasteiger partial charge in [0.15, 0.2) is 0 Å². The van der Waals surface area contributed by atoms with Crippen molar-refractivity contribution in [2.45, 2.75) is 99.1 Å². The average Bonchev–Trinajstić information content (AvgIpc) is 3.13. The average molecular weight is 425 g/mol. The molecule has 0 aromatic rings. The van der Waals surface area contributed by atoms with Gasteiger partial charge in [-0.15, -0.1) is 0 Å². The van der Waals surface area contributed by atoms with Gasteiger partial charge in [0.1, 0.15) is 0 Å². The molecule has 144 valence electrons. The summed E-state index contributed by atoms with van der Waals surface area (Å²) in [5.74, 6) is -1.44. The van der Waals surface area contributed by atoms with Crippen LogP contribution in [0, 0.1) is 0 Å².